The van der Waals surface area contributed by atoms with Gasteiger partial charge in [0.05, 0.1) is 16.7 Å². The second kappa shape index (κ2) is 8.60. The monoisotopic (exact) mass is 456 g/mol. The molecule has 2 aromatic carbocycles. The van der Waals surface area contributed by atoms with Crippen LogP contribution < -0.4 is 0 Å². The first-order chi connectivity index (χ1) is 14.9. The van der Waals surface area contributed by atoms with Crippen LogP contribution in [0.5, 0.6) is 0 Å². The van der Waals surface area contributed by atoms with Gasteiger partial charge in [0.2, 0.25) is 0 Å². The number of benzene rings is 2. The predicted molar refractivity (Wildman–Crippen MR) is 102 cm³/mol. The number of alkyl halides is 6. The van der Waals surface area contributed by atoms with E-state index in [-0.39, 0.29) is 28.3 Å². The topological polar surface area (TPSA) is 33.2 Å². The summed E-state index contributed by atoms with van der Waals surface area (Å²) in [6.07, 6.45) is -7.51. The van der Waals surface area contributed by atoms with E-state index in [4.69, 9.17) is 0 Å². The van der Waals surface area contributed by atoms with Gasteiger partial charge in [0.25, 0.3) is 5.91 Å². The van der Waals surface area contributed by atoms with Crippen molar-refractivity contribution >= 4 is 5.91 Å². The van der Waals surface area contributed by atoms with Crippen molar-refractivity contribution in [2.45, 2.75) is 18.9 Å². The zero-order valence-electron chi connectivity index (χ0n) is 16.4. The van der Waals surface area contributed by atoms with E-state index in [2.05, 4.69) is 4.98 Å². The Kier molecular flexibility index (Phi) is 6.25. The van der Waals surface area contributed by atoms with Crippen molar-refractivity contribution in [2.75, 3.05) is 7.05 Å². The minimum Gasteiger partial charge on any atom is -0.337 e. The lowest BCUT2D eigenvalue weighted by atomic mass is 10.00. The average Bonchev–Trinajstić information content (AvgIpc) is 2.72. The number of carbonyl (C=O) groups is 1. The first kappa shape index (κ1) is 23.2. The molecule has 0 unspecified atom stereocenters. The highest BCUT2D eigenvalue weighted by Gasteiger charge is 2.37. The number of rotatable bonds is 4. The van der Waals surface area contributed by atoms with Crippen LogP contribution in [0.2, 0.25) is 0 Å². The van der Waals surface area contributed by atoms with Crippen LogP contribution in [0.1, 0.15) is 27.0 Å². The molecule has 3 nitrogen and oxygen atoms in total. The second-order valence-electron chi connectivity index (χ2n) is 6.98. The summed E-state index contributed by atoms with van der Waals surface area (Å²) < 4.78 is 92.7. The maximum atomic E-state index is 14.2. The summed E-state index contributed by atoms with van der Waals surface area (Å²) in [5.41, 5.74) is -3.07. The van der Waals surface area contributed by atoms with E-state index >= 15 is 0 Å². The number of hydrogen-bond acceptors (Lipinski definition) is 2. The fourth-order valence-corrected chi connectivity index (χ4v) is 3.14. The van der Waals surface area contributed by atoms with E-state index in [1.807, 2.05) is 0 Å². The summed E-state index contributed by atoms with van der Waals surface area (Å²) in [7, 11) is 1.22. The number of halogens is 7. The minimum absolute atomic E-state index is 0.0166. The maximum absolute atomic E-state index is 14.2. The van der Waals surface area contributed by atoms with Crippen LogP contribution in [0.25, 0.3) is 11.1 Å². The highest BCUT2D eigenvalue weighted by Crippen LogP contribution is 2.36. The Morgan fingerprint density at radius 3 is 2.06 bits per heavy atom. The quantitative estimate of drug-likeness (QED) is 0.438. The zero-order chi connectivity index (χ0) is 23.7. The van der Waals surface area contributed by atoms with Crippen LogP contribution in [0.4, 0.5) is 30.7 Å². The van der Waals surface area contributed by atoms with Crippen molar-refractivity contribution in [3.8, 4) is 11.1 Å². The van der Waals surface area contributed by atoms with Gasteiger partial charge in [-0.1, -0.05) is 18.2 Å². The molecule has 0 aliphatic carbocycles. The van der Waals surface area contributed by atoms with Gasteiger partial charge >= 0.3 is 12.4 Å². The summed E-state index contributed by atoms with van der Waals surface area (Å²) in [4.78, 5) is 17.7. The summed E-state index contributed by atoms with van der Waals surface area (Å²) in [6, 6.07) is 8.16. The van der Waals surface area contributed by atoms with Crippen LogP contribution in [-0.4, -0.2) is 22.8 Å². The molecule has 0 spiro atoms. The molecule has 0 atom stereocenters. The summed E-state index contributed by atoms with van der Waals surface area (Å²) in [5, 5.41) is 0. The lowest BCUT2D eigenvalue weighted by Gasteiger charge is -2.21. The Morgan fingerprint density at radius 2 is 1.50 bits per heavy atom. The first-order valence-electron chi connectivity index (χ1n) is 9.10. The highest BCUT2D eigenvalue weighted by molar-refractivity contribution is 6.00. The van der Waals surface area contributed by atoms with Crippen LogP contribution in [0.15, 0.2) is 60.9 Å². The number of nitrogens with zero attached hydrogens (tertiary/aromatic N) is 2. The largest absolute Gasteiger partial charge is 0.416 e. The third kappa shape index (κ3) is 5.06. The Morgan fingerprint density at radius 1 is 0.906 bits per heavy atom. The van der Waals surface area contributed by atoms with Crippen LogP contribution in [0, 0.1) is 5.82 Å². The van der Waals surface area contributed by atoms with Crippen LogP contribution in [0.3, 0.4) is 0 Å². The molecule has 0 fully saturated rings. The Labute approximate surface area is 178 Å². The second-order valence-corrected chi connectivity index (χ2v) is 6.98. The Hall–Kier alpha value is -3.43. The molecule has 3 aromatic rings. The van der Waals surface area contributed by atoms with Gasteiger partial charge in [0.1, 0.15) is 5.82 Å². The highest BCUT2D eigenvalue weighted by atomic mass is 19.4. The number of pyridine rings is 1. The van der Waals surface area contributed by atoms with E-state index in [0.717, 1.165) is 11.1 Å². The minimum atomic E-state index is -5.00. The van der Waals surface area contributed by atoms with Crippen LogP contribution >= 0.6 is 0 Å². The van der Waals surface area contributed by atoms with Gasteiger partial charge in [-0.25, -0.2) is 4.39 Å². The van der Waals surface area contributed by atoms with E-state index in [1.165, 1.54) is 37.5 Å². The predicted octanol–water partition coefficient (Wildman–Crippen LogP) is 6.20. The average molecular weight is 456 g/mol. The van der Waals surface area contributed by atoms with E-state index in [0.29, 0.717) is 12.1 Å². The van der Waals surface area contributed by atoms with E-state index in [1.54, 1.807) is 6.07 Å². The normalized spacial score (nSPS) is 12.0. The first-order valence-corrected chi connectivity index (χ1v) is 9.10. The molecule has 1 heterocycles. The van der Waals surface area contributed by atoms with Gasteiger partial charge in [-0.3, -0.25) is 9.78 Å². The van der Waals surface area contributed by atoms with Gasteiger partial charge < -0.3 is 4.90 Å². The number of hydrogen-bond donors (Lipinski definition) is 0. The molecule has 0 N–H and O–H groups in total. The smallest absolute Gasteiger partial charge is 0.337 e. The lowest BCUT2D eigenvalue weighted by molar-refractivity contribution is -0.143. The van der Waals surface area contributed by atoms with Crippen molar-refractivity contribution < 1.29 is 35.5 Å². The summed E-state index contributed by atoms with van der Waals surface area (Å²) in [5.74, 6) is -1.36. The molecule has 168 valence electrons. The molecular formula is C22H15F7N2O. The molecule has 0 saturated carbocycles. The third-order valence-electron chi connectivity index (χ3n) is 4.63. The van der Waals surface area contributed by atoms with Crippen molar-refractivity contribution in [2.24, 2.45) is 0 Å². The Balaban J connectivity index is 1.96. The van der Waals surface area contributed by atoms with Crippen molar-refractivity contribution in [3.05, 3.63) is 89.0 Å². The molecule has 0 bridgehead atoms. The standard InChI is InChI=1S/C22H15F7N2O/c1-31(12-13-8-14(21(24,25)26)10-15(9-13)22(27,28)29)20(32)18-11-30-7-6-16(18)17-4-2-3-5-19(17)23/h2-11H,12H2,1H3. The molecule has 0 radical (unpaired) electrons. The molecule has 1 aromatic heterocycles. The fourth-order valence-electron chi connectivity index (χ4n) is 3.14. The summed E-state index contributed by atoms with van der Waals surface area (Å²) >= 11 is 0. The number of aromatic nitrogens is 1. The van der Waals surface area contributed by atoms with Gasteiger partial charge in [0, 0.05) is 37.1 Å². The number of carbonyl (C=O) groups excluding carboxylic acids is 1. The lowest BCUT2D eigenvalue weighted by Crippen LogP contribution is -2.27. The van der Waals surface area contributed by atoms with Gasteiger partial charge in [-0.15, -0.1) is 0 Å². The van der Waals surface area contributed by atoms with Gasteiger partial charge in [0.15, 0.2) is 0 Å². The Bertz CT molecular complexity index is 1110. The van der Waals surface area contributed by atoms with Gasteiger partial charge in [-0.05, 0) is 35.9 Å². The molecule has 3 rings (SSSR count). The molecule has 0 saturated heterocycles. The fraction of sp³-hybridized carbons (Fsp3) is 0.182. The third-order valence-corrected chi connectivity index (χ3v) is 4.63. The molecule has 32 heavy (non-hydrogen) atoms. The number of amides is 1. The SMILES string of the molecule is CN(Cc1cc(C(F)(F)F)cc(C(F)(F)F)c1)C(=O)c1cnccc1-c1ccccc1F. The van der Waals surface area contributed by atoms with E-state index < -0.39 is 41.7 Å². The van der Waals surface area contributed by atoms with E-state index in [9.17, 15) is 35.5 Å². The van der Waals surface area contributed by atoms with Crippen molar-refractivity contribution in [3.63, 3.8) is 0 Å². The van der Waals surface area contributed by atoms with Crippen molar-refractivity contribution in [1.29, 1.82) is 0 Å². The molecule has 0 aliphatic heterocycles. The van der Waals surface area contributed by atoms with Gasteiger partial charge in [-0.2, -0.15) is 26.3 Å². The summed E-state index contributed by atoms with van der Waals surface area (Å²) in [6.45, 7) is -0.544. The molecular weight excluding hydrogens is 441 g/mol. The van der Waals surface area contributed by atoms with Crippen LogP contribution in [-0.2, 0) is 18.9 Å². The zero-order valence-corrected chi connectivity index (χ0v) is 16.4. The molecule has 1 amide bonds. The molecule has 0 aliphatic rings. The maximum Gasteiger partial charge on any atom is 0.416 e. The molecule has 10 heteroatoms. The van der Waals surface area contributed by atoms with Crippen molar-refractivity contribution in [1.82, 2.24) is 9.88 Å².